The molecule has 15 heavy (non-hydrogen) atoms. The number of aromatic nitrogens is 1. The molecule has 0 aliphatic heterocycles. The fourth-order valence-corrected chi connectivity index (χ4v) is 2.73. The minimum atomic E-state index is -0.240. The largest absolute Gasteiger partial charge is 0.321 e. The van der Waals surface area contributed by atoms with Gasteiger partial charge in [0, 0.05) is 16.8 Å². The molecule has 0 unspecified atom stereocenters. The van der Waals surface area contributed by atoms with E-state index < -0.39 is 0 Å². The summed E-state index contributed by atoms with van der Waals surface area (Å²) in [6, 6.07) is 4.03. The van der Waals surface area contributed by atoms with E-state index in [2.05, 4.69) is 4.98 Å². The maximum atomic E-state index is 6.41. The second kappa shape index (κ2) is 4.11. The van der Waals surface area contributed by atoms with Gasteiger partial charge in [0.1, 0.15) is 5.15 Å². The third-order valence-corrected chi connectivity index (χ3v) is 3.56. The van der Waals surface area contributed by atoms with Crippen molar-refractivity contribution in [2.24, 2.45) is 5.73 Å². The van der Waals surface area contributed by atoms with Crippen LogP contribution in [-0.2, 0) is 5.54 Å². The number of aryl methyl sites for hydroxylation is 1. The quantitative estimate of drug-likeness (QED) is 0.745. The molecule has 2 N–H and O–H groups in total. The minimum absolute atomic E-state index is 0.240. The number of halogens is 1. The topological polar surface area (TPSA) is 38.9 Å². The summed E-state index contributed by atoms with van der Waals surface area (Å²) in [4.78, 5) is 4.28. The molecule has 0 bridgehead atoms. The van der Waals surface area contributed by atoms with Crippen LogP contribution in [0.2, 0.25) is 5.15 Å². The Kier molecular flexibility index (Phi) is 2.98. The van der Waals surface area contributed by atoms with Gasteiger partial charge in [0.05, 0.1) is 0 Å². The highest BCUT2D eigenvalue weighted by Crippen LogP contribution is 2.37. The van der Waals surface area contributed by atoms with E-state index in [1.54, 1.807) is 0 Å². The lowest BCUT2D eigenvalue weighted by Crippen LogP contribution is -2.39. The molecule has 1 aromatic rings. The molecule has 1 aliphatic carbocycles. The number of rotatable bonds is 1. The molecule has 1 fully saturated rings. The molecule has 3 heteroatoms. The van der Waals surface area contributed by atoms with E-state index in [-0.39, 0.29) is 5.54 Å². The molecule has 0 aromatic carbocycles. The third-order valence-electron chi connectivity index (χ3n) is 3.27. The van der Waals surface area contributed by atoms with Crippen LogP contribution in [0.4, 0.5) is 0 Å². The molecule has 0 saturated heterocycles. The lowest BCUT2D eigenvalue weighted by atomic mass is 9.78. The van der Waals surface area contributed by atoms with Gasteiger partial charge in [-0.3, -0.25) is 0 Å². The fourth-order valence-electron chi connectivity index (χ4n) is 2.35. The van der Waals surface area contributed by atoms with Gasteiger partial charge >= 0.3 is 0 Å². The number of nitrogens with zero attached hydrogens (tertiary/aromatic N) is 1. The van der Waals surface area contributed by atoms with Crippen LogP contribution < -0.4 is 5.73 Å². The molecule has 2 rings (SSSR count). The summed E-state index contributed by atoms with van der Waals surface area (Å²) in [5, 5.41) is 0.583. The molecule has 0 amide bonds. The van der Waals surface area contributed by atoms with Crippen LogP contribution in [-0.4, -0.2) is 4.98 Å². The predicted molar refractivity (Wildman–Crippen MR) is 62.9 cm³/mol. The molecule has 1 heterocycles. The standard InChI is InChI=1S/C12H17ClN2/c1-9-5-6-10(11(13)15-9)12(14)7-3-2-4-8-12/h5-6H,2-4,7-8,14H2,1H3. The predicted octanol–water partition coefficient (Wildman–Crippen LogP) is 3.16. The Bertz CT molecular complexity index is 357. The van der Waals surface area contributed by atoms with Crippen LogP contribution in [0.25, 0.3) is 0 Å². The summed E-state index contributed by atoms with van der Waals surface area (Å²) in [6.45, 7) is 1.94. The van der Waals surface area contributed by atoms with Crippen LogP contribution >= 0.6 is 11.6 Å². The molecular weight excluding hydrogens is 208 g/mol. The second-order valence-electron chi connectivity index (χ2n) is 4.51. The van der Waals surface area contributed by atoms with Crippen molar-refractivity contribution in [1.82, 2.24) is 4.98 Å². The van der Waals surface area contributed by atoms with Crippen LogP contribution in [0.1, 0.15) is 43.4 Å². The van der Waals surface area contributed by atoms with Crippen LogP contribution in [0.15, 0.2) is 12.1 Å². The number of hydrogen-bond donors (Lipinski definition) is 1. The van der Waals surface area contributed by atoms with Gasteiger partial charge in [-0.2, -0.15) is 0 Å². The van der Waals surface area contributed by atoms with Crippen molar-refractivity contribution in [1.29, 1.82) is 0 Å². The van der Waals surface area contributed by atoms with Gasteiger partial charge in [-0.05, 0) is 25.8 Å². The van der Waals surface area contributed by atoms with Crippen molar-refractivity contribution in [3.8, 4) is 0 Å². The van der Waals surface area contributed by atoms with Crippen LogP contribution in [0.5, 0.6) is 0 Å². The van der Waals surface area contributed by atoms with Gasteiger partial charge in [0.25, 0.3) is 0 Å². The monoisotopic (exact) mass is 224 g/mol. The number of pyridine rings is 1. The molecule has 2 nitrogen and oxygen atoms in total. The molecule has 0 atom stereocenters. The molecule has 1 aliphatic rings. The third kappa shape index (κ3) is 2.16. The minimum Gasteiger partial charge on any atom is -0.321 e. The summed E-state index contributed by atoms with van der Waals surface area (Å²) in [5.74, 6) is 0. The van der Waals surface area contributed by atoms with E-state index in [1.165, 1.54) is 19.3 Å². The lowest BCUT2D eigenvalue weighted by molar-refractivity contribution is 0.302. The Morgan fingerprint density at radius 1 is 1.27 bits per heavy atom. The first-order valence-electron chi connectivity index (χ1n) is 5.54. The summed E-state index contributed by atoms with van der Waals surface area (Å²) in [6.07, 6.45) is 5.73. The first-order valence-corrected chi connectivity index (χ1v) is 5.92. The van der Waals surface area contributed by atoms with Gasteiger partial charge in [-0.25, -0.2) is 4.98 Å². The second-order valence-corrected chi connectivity index (χ2v) is 4.87. The maximum Gasteiger partial charge on any atom is 0.134 e. The van der Waals surface area contributed by atoms with E-state index in [1.807, 2.05) is 19.1 Å². The normalized spacial score (nSPS) is 20.2. The zero-order chi connectivity index (χ0) is 10.9. The fraction of sp³-hybridized carbons (Fsp3) is 0.583. The van der Waals surface area contributed by atoms with E-state index in [0.717, 1.165) is 24.1 Å². The van der Waals surface area contributed by atoms with Crippen molar-refractivity contribution < 1.29 is 0 Å². The summed E-state index contributed by atoms with van der Waals surface area (Å²) in [7, 11) is 0. The van der Waals surface area contributed by atoms with Crippen molar-refractivity contribution >= 4 is 11.6 Å². The lowest BCUT2D eigenvalue weighted by Gasteiger charge is -2.34. The Labute approximate surface area is 95.8 Å². The average Bonchev–Trinajstić information content (AvgIpc) is 2.18. The Morgan fingerprint density at radius 2 is 1.93 bits per heavy atom. The van der Waals surface area contributed by atoms with Gasteiger partial charge in [0.2, 0.25) is 0 Å². The SMILES string of the molecule is Cc1ccc(C2(N)CCCCC2)c(Cl)n1. The summed E-state index contributed by atoms with van der Waals surface area (Å²) < 4.78 is 0. The molecule has 1 aromatic heterocycles. The van der Waals surface area contributed by atoms with E-state index in [4.69, 9.17) is 17.3 Å². The van der Waals surface area contributed by atoms with Gasteiger partial charge < -0.3 is 5.73 Å². The first kappa shape index (κ1) is 10.9. The highest BCUT2D eigenvalue weighted by molar-refractivity contribution is 6.30. The highest BCUT2D eigenvalue weighted by Gasteiger charge is 2.31. The van der Waals surface area contributed by atoms with Gasteiger partial charge in [-0.15, -0.1) is 0 Å². The Morgan fingerprint density at radius 3 is 2.53 bits per heavy atom. The first-order chi connectivity index (χ1) is 7.12. The maximum absolute atomic E-state index is 6.41. The molecule has 82 valence electrons. The molecular formula is C12H17ClN2. The Balaban J connectivity index is 2.35. The van der Waals surface area contributed by atoms with Crippen LogP contribution in [0, 0.1) is 6.92 Å². The van der Waals surface area contributed by atoms with E-state index >= 15 is 0 Å². The zero-order valence-electron chi connectivity index (χ0n) is 9.09. The molecule has 0 radical (unpaired) electrons. The highest BCUT2D eigenvalue weighted by atomic mass is 35.5. The van der Waals surface area contributed by atoms with Crippen molar-refractivity contribution in [2.45, 2.75) is 44.6 Å². The van der Waals surface area contributed by atoms with Crippen molar-refractivity contribution in [2.75, 3.05) is 0 Å². The molecule has 1 saturated carbocycles. The van der Waals surface area contributed by atoms with Crippen LogP contribution in [0.3, 0.4) is 0 Å². The molecule has 0 spiro atoms. The van der Waals surface area contributed by atoms with E-state index in [9.17, 15) is 0 Å². The number of hydrogen-bond acceptors (Lipinski definition) is 2. The average molecular weight is 225 g/mol. The zero-order valence-corrected chi connectivity index (χ0v) is 9.85. The Hall–Kier alpha value is -0.600. The smallest absolute Gasteiger partial charge is 0.134 e. The summed E-state index contributed by atoms with van der Waals surface area (Å²) >= 11 is 6.16. The van der Waals surface area contributed by atoms with Gasteiger partial charge in [-0.1, -0.05) is 36.9 Å². The van der Waals surface area contributed by atoms with Gasteiger partial charge in [0.15, 0.2) is 0 Å². The van der Waals surface area contributed by atoms with Crippen molar-refractivity contribution in [3.05, 3.63) is 28.5 Å². The summed E-state index contributed by atoms with van der Waals surface area (Å²) in [5.41, 5.74) is 8.14. The number of nitrogens with two attached hydrogens (primary N) is 1. The van der Waals surface area contributed by atoms with Crippen molar-refractivity contribution in [3.63, 3.8) is 0 Å². The van der Waals surface area contributed by atoms with E-state index in [0.29, 0.717) is 5.15 Å².